The Hall–Kier alpha value is -2.89. The maximum Gasteiger partial charge on any atom is 0.270 e. The van der Waals surface area contributed by atoms with Crippen LogP contribution in [0, 0.1) is 13.8 Å². The average Bonchev–Trinajstić information content (AvgIpc) is 2.96. The normalized spacial score (nSPS) is 14.9. The quantitative estimate of drug-likeness (QED) is 0.815. The summed E-state index contributed by atoms with van der Waals surface area (Å²) in [6.07, 6.45) is 1.42. The van der Waals surface area contributed by atoms with Crippen molar-refractivity contribution in [2.45, 2.75) is 39.7 Å². The zero-order valence-corrected chi connectivity index (χ0v) is 16.0. The van der Waals surface area contributed by atoms with E-state index >= 15 is 0 Å². The van der Waals surface area contributed by atoms with Gasteiger partial charge in [-0.05, 0) is 51.3 Å². The standard InChI is InChI=1S/C21H25N3O3/c1-13-18(15(3)25)14(2)22-19(13)21(27)24-11-9-17(10-12-24)23-20(26)16-7-5-4-6-8-16/h4-8,17,22H,9-12H2,1-3H3,(H,23,26). The fraction of sp³-hybridized carbons (Fsp3) is 0.381. The lowest BCUT2D eigenvalue weighted by Gasteiger charge is -2.32. The lowest BCUT2D eigenvalue weighted by atomic mass is 10.0. The number of hydrogen-bond donors (Lipinski definition) is 2. The number of nitrogens with zero attached hydrogens (tertiary/aromatic N) is 1. The summed E-state index contributed by atoms with van der Waals surface area (Å²) in [5, 5.41) is 3.04. The molecule has 1 saturated heterocycles. The van der Waals surface area contributed by atoms with Crippen LogP contribution in [0.15, 0.2) is 30.3 Å². The summed E-state index contributed by atoms with van der Waals surface area (Å²) in [6.45, 7) is 6.28. The predicted octanol–water partition coefficient (Wildman–Crippen LogP) is 2.87. The number of aromatic amines is 1. The maximum atomic E-state index is 12.9. The molecule has 0 unspecified atom stereocenters. The lowest BCUT2D eigenvalue weighted by Crippen LogP contribution is -2.46. The maximum absolute atomic E-state index is 12.9. The van der Waals surface area contributed by atoms with Gasteiger partial charge in [0.2, 0.25) is 0 Å². The number of piperidine rings is 1. The van der Waals surface area contributed by atoms with Crippen molar-refractivity contribution in [1.29, 1.82) is 0 Å². The molecule has 0 radical (unpaired) electrons. The Kier molecular flexibility index (Phi) is 5.44. The molecule has 3 rings (SSSR count). The molecule has 2 aromatic rings. The van der Waals surface area contributed by atoms with Crippen LogP contribution in [-0.2, 0) is 0 Å². The smallest absolute Gasteiger partial charge is 0.270 e. The van der Waals surface area contributed by atoms with Crippen molar-refractivity contribution in [2.75, 3.05) is 13.1 Å². The molecule has 1 aromatic carbocycles. The Bertz CT molecular complexity index is 862. The second-order valence-electron chi connectivity index (χ2n) is 7.09. The fourth-order valence-corrected chi connectivity index (χ4v) is 3.74. The first-order valence-corrected chi connectivity index (χ1v) is 9.23. The van der Waals surface area contributed by atoms with Crippen molar-refractivity contribution in [3.05, 3.63) is 58.4 Å². The van der Waals surface area contributed by atoms with E-state index in [1.54, 1.807) is 24.0 Å². The Labute approximate surface area is 159 Å². The molecule has 2 heterocycles. The number of amides is 2. The van der Waals surface area contributed by atoms with Gasteiger partial charge in [-0.15, -0.1) is 0 Å². The molecule has 142 valence electrons. The molecule has 6 heteroatoms. The minimum atomic E-state index is -0.0871. The van der Waals surface area contributed by atoms with Crippen molar-refractivity contribution in [3.63, 3.8) is 0 Å². The van der Waals surface area contributed by atoms with Crippen LogP contribution in [0.5, 0.6) is 0 Å². The van der Waals surface area contributed by atoms with Crippen LogP contribution in [0.4, 0.5) is 0 Å². The highest BCUT2D eigenvalue weighted by Gasteiger charge is 2.28. The highest BCUT2D eigenvalue weighted by molar-refractivity contribution is 6.02. The number of ketones is 1. The molecule has 27 heavy (non-hydrogen) atoms. The number of rotatable bonds is 4. The lowest BCUT2D eigenvalue weighted by molar-refractivity contribution is 0.0692. The molecule has 2 N–H and O–H groups in total. The van der Waals surface area contributed by atoms with Gasteiger partial charge in [-0.1, -0.05) is 18.2 Å². The van der Waals surface area contributed by atoms with Gasteiger partial charge >= 0.3 is 0 Å². The number of aromatic nitrogens is 1. The van der Waals surface area contributed by atoms with Gasteiger partial charge in [-0.3, -0.25) is 14.4 Å². The minimum Gasteiger partial charge on any atom is -0.354 e. The average molecular weight is 367 g/mol. The molecular weight excluding hydrogens is 342 g/mol. The number of aryl methyl sites for hydroxylation is 1. The molecule has 0 atom stereocenters. The summed E-state index contributed by atoms with van der Waals surface area (Å²) in [7, 11) is 0. The fourth-order valence-electron chi connectivity index (χ4n) is 3.74. The number of likely N-dealkylation sites (tertiary alicyclic amines) is 1. The third-order valence-corrected chi connectivity index (χ3v) is 5.16. The second kappa shape index (κ2) is 7.78. The van der Waals surface area contributed by atoms with Gasteiger partial charge in [-0.25, -0.2) is 0 Å². The van der Waals surface area contributed by atoms with Crippen LogP contribution < -0.4 is 5.32 Å². The molecule has 1 aromatic heterocycles. The number of benzene rings is 1. The van der Waals surface area contributed by atoms with Gasteiger partial charge in [-0.2, -0.15) is 0 Å². The van der Waals surface area contributed by atoms with E-state index < -0.39 is 0 Å². The zero-order valence-electron chi connectivity index (χ0n) is 16.0. The van der Waals surface area contributed by atoms with Crippen molar-refractivity contribution in [2.24, 2.45) is 0 Å². The molecule has 1 aliphatic rings. The Morgan fingerprint density at radius 1 is 1.07 bits per heavy atom. The number of nitrogens with one attached hydrogen (secondary N) is 2. The van der Waals surface area contributed by atoms with E-state index in [0.717, 1.165) is 5.69 Å². The van der Waals surface area contributed by atoms with Gasteiger partial charge < -0.3 is 15.2 Å². The predicted molar refractivity (Wildman–Crippen MR) is 103 cm³/mol. The first kappa shape index (κ1) is 18.9. The molecule has 1 aliphatic heterocycles. The van der Waals surface area contributed by atoms with E-state index in [4.69, 9.17) is 0 Å². The van der Waals surface area contributed by atoms with Crippen molar-refractivity contribution < 1.29 is 14.4 Å². The van der Waals surface area contributed by atoms with Gasteiger partial charge in [0.1, 0.15) is 5.69 Å². The highest BCUT2D eigenvalue weighted by Crippen LogP contribution is 2.21. The van der Waals surface area contributed by atoms with Crippen LogP contribution >= 0.6 is 0 Å². The van der Waals surface area contributed by atoms with E-state index in [-0.39, 0.29) is 23.6 Å². The van der Waals surface area contributed by atoms with Gasteiger partial charge in [0.25, 0.3) is 11.8 Å². The van der Waals surface area contributed by atoms with Gasteiger partial charge in [0.05, 0.1) is 0 Å². The van der Waals surface area contributed by atoms with Gasteiger partial charge in [0.15, 0.2) is 5.78 Å². The van der Waals surface area contributed by atoms with Gasteiger partial charge in [0, 0.05) is 36.0 Å². The third kappa shape index (κ3) is 3.94. The first-order valence-electron chi connectivity index (χ1n) is 9.23. The largest absolute Gasteiger partial charge is 0.354 e. The molecule has 0 bridgehead atoms. The number of Topliss-reactive ketones (excluding diaryl/α,β-unsaturated/α-hetero) is 1. The van der Waals surface area contributed by atoms with E-state index in [1.807, 2.05) is 25.1 Å². The van der Waals surface area contributed by atoms with Crippen LogP contribution in [0.3, 0.4) is 0 Å². The van der Waals surface area contributed by atoms with Crippen molar-refractivity contribution >= 4 is 17.6 Å². The van der Waals surface area contributed by atoms with Crippen molar-refractivity contribution in [3.8, 4) is 0 Å². The molecule has 2 amide bonds. The first-order chi connectivity index (χ1) is 12.9. The second-order valence-corrected chi connectivity index (χ2v) is 7.09. The Balaban J connectivity index is 1.61. The highest BCUT2D eigenvalue weighted by atomic mass is 16.2. The van der Waals surface area contributed by atoms with Crippen LogP contribution in [-0.4, -0.2) is 46.6 Å². The Morgan fingerprint density at radius 2 is 1.70 bits per heavy atom. The number of H-pyrrole nitrogens is 1. The van der Waals surface area contributed by atoms with E-state index in [0.29, 0.717) is 48.3 Å². The minimum absolute atomic E-state index is 0.0392. The van der Waals surface area contributed by atoms with Crippen LogP contribution in [0.25, 0.3) is 0 Å². The number of carbonyl (C=O) groups excluding carboxylic acids is 3. The summed E-state index contributed by atoms with van der Waals surface area (Å²) >= 11 is 0. The molecule has 1 fully saturated rings. The molecule has 0 saturated carbocycles. The van der Waals surface area contributed by atoms with E-state index in [1.165, 1.54) is 6.92 Å². The van der Waals surface area contributed by atoms with Crippen molar-refractivity contribution in [1.82, 2.24) is 15.2 Å². The number of carbonyl (C=O) groups is 3. The SMILES string of the molecule is CC(=O)c1c(C)[nH]c(C(=O)N2CCC(NC(=O)c3ccccc3)CC2)c1C. The van der Waals surface area contributed by atoms with E-state index in [9.17, 15) is 14.4 Å². The zero-order chi connectivity index (χ0) is 19.6. The molecular formula is C21H25N3O3. The van der Waals surface area contributed by atoms with Crippen LogP contribution in [0.1, 0.15) is 62.2 Å². The third-order valence-electron chi connectivity index (χ3n) is 5.16. The summed E-state index contributed by atoms with van der Waals surface area (Å²) < 4.78 is 0. The molecule has 0 spiro atoms. The molecule has 6 nitrogen and oxygen atoms in total. The summed E-state index contributed by atoms with van der Waals surface area (Å²) in [4.78, 5) is 41.8. The molecule has 0 aliphatic carbocycles. The number of hydrogen-bond acceptors (Lipinski definition) is 3. The summed E-state index contributed by atoms with van der Waals surface area (Å²) in [5.74, 6) is -0.208. The van der Waals surface area contributed by atoms with Crippen LogP contribution in [0.2, 0.25) is 0 Å². The topological polar surface area (TPSA) is 82.3 Å². The Morgan fingerprint density at radius 3 is 2.26 bits per heavy atom. The summed E-state index contributed by atoms with van der Waals surface area (Å²) in [5.41, 5.74) is 3.18. The summed E-state index contributed by atoms with van der Waals surface area (Å²) in [6, 6.07) is 9.19. The van der Waals surface area contributed by atoms with E-state index in [2.05, 4.69) is 10.3 Å². The monoisotopic (exact) mass is 367 g/mol.